The highest BCUT2D eigenvalue weighted by Gasteiger charge is 2.19. The summed E-state index contributed by atoms with van der Waals surface area (Å²) in [6.45, 7) is 9.24. The van der Waals surface area contributed by atoms with Gasteiger partial charge < -0.3 is 20.5 Å². The van der Waals surface area contributed by atoms with Gasteiger partial charge in [0.2, 0.25) is 0 Å². The predicted octanol–water partition coefficient (Wildman–Crippen LogP) is 1.15. The van der Waals surface area contributed by atoms with Crippen LogP contribution in [-0.2, 0) is 9.47 Å². The summed E-state index contributed by atoms with van der Waals surface area (Å²) in [5, 5.41) is 3.48. The number of nitrogens with two attached hydrogens (primary N) is 1. The highest BCUT2D eigenvalue weighted by molar-refractivity contribution is 4.76. The molecule has 0 saturated carbocycles. The molecule has 0 bridgehead atoms. The van der Waals surface area contributed by atoms with Gasteiger partial charge in [0, 0.05) is 26.3 Å². The maximum atomic E-state index is 5.63. The minimum Gasteiger partial charge on any atom is -0.383 e. The molecule has 0 aliphatic carbocycles. The zero-order chi connectivity index (χ0) is 12.4. The Hall–Kier alpha value is -0.160. The molecule has 16 heavy (non-hydrogen) atoms. The van der Waals surface area contributed by atoms with Crippen LogP contribution in [0.15, 0.2) is 0 Å². The number of hydrogen-bond acceptors (Lipinski definition) is 4. The Bertz CT molecular complexity index is 163. The second-order valence-electron chi connectivity index (χ2n) is 4.66. The molecule has 3 N–H and O–H groups in total. The molecule has 0 amide bonds. The molecule has 0 spiro atoms. The van der Waals surface area contributed by atoms with Crippen molar-refractivity contribution < 1.29 is 9.47 Å². The molecular weight excluding hydrogens is 204 g/mol. The molecule has 0 saturated heterocycles. The highest BCUT2D eigenvalue weighted by atomic mass is 16.5. The van der Waals surface area contributed by atoms with Crippen LogP contribution in [-0.4, -0.2) is 45.1 Å². The second kappa shape index (κ2) is 8.93. The van der Waals surface area contributed by atoms with E-state index in [1.807, 2.05) is 6.92 Å². The highest BCUT2D eigenvalue weighted by Crippen LogP contribution is 2.08. The van der Waals surface area contributed by atoms with Crippen LogP contribution in [0.2, 0.25) is 0 Å². The van der Waals surface area contributed by atoms with Crippen molar-refractivity contribution in [2.45, 2.75) is 45.3 Å². The molecule has 0 aliphatic heterocycles. The third-order valence-electron chi connectivity index (χ3n) is 2.48. The van der Waals surface area contributed by atoms with Gasteiger partial charge in [0.15, 0.2) is 0 Å². The van der Waals surface area contributed by atoms with Gasteiger partial charge in [0.25, 0.3) is 0 Å². The zero-order valence-electron chi connectivity index (χ0n) is 11.2. The Morgan fingerprint density at radius 1 is 1.38 bits per heavy atom. The van der Waals surface area contributed by atoms with Crippen LogP contribution in [0, 0.1) is 0 Å². The monoisotopic (exact) mass is 232 g/mol. The molecule has 0 rings (SSSR count). The minimum absolute atomic E-state index is 0.122. The topological polar surface area (TPSA) is 56.5 Å². The molecular formula is C12H28N2O2. The molecule has 0 aromatic rings. The number of nitrogens with one attached hydrogen (secondary N) is 1. The zero-order valence-corrected chi connectivity index (χ0v) is 11.2. The van der Waals surface area contributed by atoms with Crippen LogP contribution >= 0.6 is 0 Å². The van der Waals surface area contributed by atoms with Gasteiger partial charge in [-0.3, -0.25) is 0 Å². The van der Waals surface area contributed by atoms with E-state index in [0.717, 1.165) is 39.1 Å². The lowest BCUT2D eigenvalue weighted by Gasteiger charge is -2.28. The van der Waals surface area contributed by atoms with Crippen molar-refractivity contribution in [1.29, 1.82) is 0 Å². The van der Waals surface area contributed by atoms with Crippen LogP contribution in [0.4, 0.5) is 0 Å². The largest absolute Gasteiger partial charge is 0.383 e. The van der Waals surface area contributed by atoms with E-state index in [4.69, 9.17) is 15.2 Å². The summed E-state index contributed by atoms with van der Waals surface area (Å²) in [6, 6.07) is 0.369. The first kappa shape index (κ1) is 15.8. The van der Waals surface area contributed by atoms with Crippen LogP contribution < -0.4 is 11.1 Å². The summed E-state index contributed by atoms with van der Waals surface area (Å²) in [6.07, 6.45) is 2.07. The van der Waals surface area contributed by atoms with E-state index in [2.05, 4.69) is 19.2 Å². The van der Waals surface area contributed by atoms with Crippen molar-refractivity contribution in [3.63, 3.8) is 0 Å². The third-order valence-corrected chi connectivity index (χ3v) is 2.48. The lowest BCUT2D eigenvalue weighted by molar-refractivity contribution is -0.0126. The average Bonchev–Trinajstić information content (AvgIpc) is 2.22. The molecule has 0 heterocycles. The summed E-state index contributed by atoms with van der Waals surface area (Å²) in [5.41, 5.74) is 5.39. The lowest BCUT2D eigenvalue weighted by atomic mass is 10.1. The van der Waals surface area contributed by atoms with Crippen LogP contribution in [0.25, 0.3) is 0 Å². The van der Waals surface area contributed by atoms with Crippen LogP contribution in [0.3, 0.4) is 0 Å². The smallest absolute Gasteiger partial charge is 0.0750 e. The van der Waals surface area contributed by atoms with E-state index in [1.54, 1.807) is 7.11 Å². The Labute approximate surface area is 99.9 Å². The first-order chi connectivity index (χ1) is 7.55. The maximum Gasteiger partial charge on any atom is 0.0750 e. The van der Waals surface area contributed by atoms with E-state index in [9.17, 15) is 0 Å². The Kier molecular flexibility index (Phi) is 8.84. The van der Waals surface area contributed by atoms with E-state index < -0.39 is 0 Å². The first-order valence-electron chi connectivity index (χ1n) is 6.12. The molecule has 1 atom stereocenters. The Morgan fingerprint density at radius 3 is 2.56 bits per heavy atom. The fourth-order valence-corrected chi connectivity index (χ4v) is 1.64. The second-order valence-corrected chi connectivity index (χ2v) is 4.66. The SMILES string of the molecule is CCOC(C)(C)CNC(CCCN)COC. The molecule has 1 unspecified atom stereocenters. The molecule has 0 aromatic heterocycles. The van der Waals surface area contributed by atoms with Gasteiger partial charge in [-0.25, -0.2) is 0 Å². The Morgan fingerprint density at radius 2 is 2.06 bits per heavy atom. The van der Waals surface area contributed by atoms with Crippen molar-refractivity contribution in [2.24, 2.45) is 5.73 Å². The summed E-state index contributed by atoms with van der Waals surface area (Å²) >= 11 is 0. The van der Waals surface area contributed by atoms with Crippen molar-refractivity contribution in [3.8, 4) is 0 Å². The van der Waals surface area contributed by atoms with E-state index in [1.165, 1.54) is 0 Å². The van der Waals surface area contributed by atoms with Gasteiger partial charge in [-0.15, -0.1) is 0 Å². The lowest BCUT2D eigenvalue weighted by Crippen LogP contribution is -2.44. The first-order valence-corrected chi connectivity index (χ1v) is 6.12. The molecule has 4 nitrogen and oxygen atoms in total. The minimum atomic E-state index is -0.122. The number of methoxy groups -OCH3 is 1. The van der Waals surface area contributed by atoms with E-state index >= 15 is 0 Å². The van der Waals surface area contributed by atoms with Gasteiger partial charge in [-0.05, 0) is 40.2 Å². The quantitative estimate of drug-likeness (QED) is 0.593. The molecule has 98 valence electrons. The van der Waals surface area contributed by atoms with Gasteiger partial charge in [0.1, 0.15) is 0 Å². The standard InChI is InChI=1S/C12H28N2O2/c1-5-16-12(2,3)10-14-11(9-15-4)7-6-8-13/h11,14H,5-10,13H2,1-4H3. The van der Waals surface area contributed by atoms with E-state index in [-0.39, 0.29) is 5.60 Å². The van der Waals surface area contributed by atoms with Crippen LogP contribution in [0.5, 0.6) is 0 Å². The predicted molar refractivity (Wildman–Crippen MR) is 67.7 cm³/mol. The van der Waals surface area contributed by atoms with Gasteiger partial charge in [-0.1, -0.05) is 0 Å². The van der Waals surface area contributed by atoms with E-state index in [0.29, 0.717) is 6.04 Å². The average molecular weight is 232 g/mol. The number of rotatable bonds is 10. The van der Waals surface area contributed by atoms with Crippen molar-refractivity contribution in [1.82, 2.24) is 5.32 Å². The molecule has 0 fully saturated rings. The summed E-state index contributed by atoms with van der Waals surface area (Å²) in [5.74, 6) is 0. The molecule has 0 aromatic carbocycles. The van der Waals surface area contributed by atoms with Crippen molar-refractivity contribution in [2.75, 3.05) is 33.4 Å². The van der Waals surface area contributed by atoms with Crippen LogP contribution in [0.1, 0.15) is 33.6 Å². The van der Waals surface area contributed by atoms with Crippen molar-refractivity contribution in [3.05, 3.63) is 0 Å². The Balaban J connectivity index is 3.89. The number of hydrogen-bond donors (Lipinski definition) is 2. The maximum absolute atomic E-state index is 5.63. The van der Waals surface area contributed by atoms with Gasteiger partial charge in [-0.2, -0.15) is 0 Å². The van der Waals surface area contributed by atoms with Gasteiger partial charge in [0.05, 0.1) is 12.2 Å². The molecule has 0 radical (unpaired) electrons. The third kappa shape index (κ3) is 8.05. The van der Waals surface area contributed by atoms with Gasteiger partial charge >= 0.3 is 0 Å². The fourth-order valence-electron chi connectivity index (χ4n) is 1.64. The number of ether oxygens (including phenoxy) is 2. The van der Waals surface area contributed by atoms with Crippen molar-refractivity contribution >= 4 is 0 Å². The normalized spacial score (nSPS) is 14.1. The fraction of sp³-hybridized carbons (Fsp3) is 1.00. The summed E-state index contributed by atoms with van der Waals surface area (Å²) in [4.78, 5) is 0. The summed E-state index contributed by atoms with van der Waals surface area (Å²) < 4.78 is 10.8. The summed E-state index contributed by atoms with van der Waals surface area (Å²) in [7, 11) is 1.73. The molecule has 0 aliphatic rings. The molecule has 4 heteroatoms.